The normalized spacial score (nSPS) is 12.6. The van der Waals surface area contributed by atoms with Crippen molar-refractivity contribution >= 4 is 16.9 Å². The number of carbonyl (C=O) groups is 1. The first-order chi connectivity index (χ1) is 8.15. The molecule has 2 rings (SSSR count). The highest BCUT2D eigenvalue weighted by Crippen LogP contribution is 2.30. The highest BCUT2D eigenvalue weighted by molar-refractivity contribution is 5.93. The molecule has 0 saturated carbocycles. The molecule has 0 aliphatic carbocycles. The standard InChI is InChI=1S/C12H14N2O3/c1-2-17-12(16)11(13)7-6-14-8-4-3-5-9(15)10(7)8/h3-6,11,14-15H,2,13H2,1H3. The second-order valence-corrected chi connectivity index (χ2v) is 3.67. The molecule has 4 N–H and O–H groups in total. The van der Waals surface area contributed by atoms with E-state index in [4.69, 9.17) is 10.5 Å². The van der Waals surface area contributed by atoms with Crippen LogP contribution in [0.15, 0.2) is 24.4 Å². The van der Waals surface area contributed by atoms with E-state index in [1.54, 1.807) is 31.3 Å². The lowest BCUT2D eigenvalue weighted by Crippen LogP contribution is -2.23. The lowest BCUT2D eigenvalue weighted by Gasteiger charge is -2.09. The van der Waals surface area contributed by atoms with Crippen LogP contribution in [-0.2, 0) is 9.53 Å². The molecule has 90 valence electrons. The van der Waals surface area contributed by atoms with E-state index < -0.39 is 12.0 Å². The molecule has 0 radical (unpaired) electrons. The molecule has 0 fully saturated rings. The summed E-state index contributed by atoms with van der Waals surface area (Å²) in [7, 11) is 0. The number of esters is 1. The van der Waals surface area contributed by atoms with Crippen LogP contribution in [-0.4, -0.2) is 22.7 Å². The molecule has 0 aliphatic rings. The highest BCUT2D eigenvalue weighted by atomic mass is 16.5. The molecule has 1 atom stereocenters. The summed E-state index contributed by atoms with van der Waals surface area (Å²) in [5.74, 6) is -0.407. The smallest absolute Gasteiger partial charge is 0.327 e. The van der Waals surface area contributed by atoms with Gasteiger partial charge in [-0.25, -0.2) is 4.79 Å². The van der Waals surface area contributed by atoms with Crippen molar-refractivity contribution in [2.75, 3.05) is 6.61 Å². The van der Waals surface area contributed by atoms with E-state index >= 15 is 0 Å². The second-order valence-electron chi connectivity index (χ2n) is 3.67. The van der Waals surface area contributed by atoms with Crippen LogP contribution in [0.1, 0.15) is 18.5 Å². The summed E-state index contributed by atoms with van der Waals surface area (Å²) >= 11 is 0. The average Bonchev–Trinajstić information content (AvgIpc) is 2.73. The number of carbonyl (C=O) groups excluding carboxylic acids is 1. The maximum Gasteiger partial charge on any atom is 0.327 e. The van der Waals surface area contributed by atoms with Crippen molar-refractivity contribution in [2.45, 2.75) is 13.0 Å². The molecule has 0 spiro atoms. The zero-order valence-corrected chi connectivity index (χ0v) is 9.43. The lowest BCUT2D eigenvalue weighted by molar-refractivity contribution is -0.144. The van der Waals surface area contributed by atoms with E-state index in [1.807, 2.05) is 0 Å². The van der Waals surface area contributed by atoms with Gasteiger partial charge in [0, 0.05) is 22.7 Å². The topological polar surface area (TPSA) is 88.3 Å². The summed E-state index contributed by atoms with van der Waals surface area (Å²) < 4.78 is 4.86. The third-order valence-corrected chi connectivity index (χ3v) is 2.59. The number of ether oxygens (including phenoxy) is 1. The summed E-state index contributed by atoms with van der Waals surface area (Å²) in [6.07, 6.45) is 1.62. The average molecular weight is 234 g/mol. The van der Waals surface area contributed by atoms with Gasteiger partial charge >= 0.3 is 5.97 Å². The third kappa shape index (κ3) is 1.97. The molecule has 0 aliphatic heterocycles. The van der Waals surface area contributed by atoms with Crippen LogP contribution < -0.4 is 5.73 Å². The van der Waals surface area contributed by atoms with Gasteiger partial charge in [0.05, 0.1) is 6.61 Å². The van der Waals surface area contributed by atoms with Gasteiger partial charge in [0.25, 0.3) is 0 Å². The number of fused-ring (bicyclic) bond motifs is 1. The van der Waals surface area contributed by atoms with Crippen molar-refractivity contribution in [1.82, 2.24) is 4.98 Å². The Morgan fingerprint density at radius 2 is 2.35 bits per heavy atom. The number of aromatic amines is 1. The molecule has 5 heteroatoms. The number of phenolic OH excluding ortho intramolecular Hbond substituents is 1. The molecule has 0 saturated heterocycles. The van der Waals surface area contributed by atoms with Crippen molar-refractivity contribution < 1.29 is 14.6 Å². The van der Waals surface area contributed by atoms with Crippen molar-refractivity contribution in [3.63, 3.8) is 0 Å². The van der Waals surface area contributed by atoms with E-state index in [-0.39, 0.29) is 12.4 Å². The SMILES string of the molecule is CCOC(=O)C(N)c1c[nH]c2cccc(O)c12. The number of hydrogen-bond donors (Lipinski definition) is 3. The third-order valence-electron chi connectivity index (χ3n) is 2.59. The van der Waals surface area contributed by atoms with Gasteiger partial charge in [0.15, 0.2) is 0 Å². The molecule has 5 nitrogen and oxygen atoms in total. The van der Waals surface area contributed by atoms with Crippen LogP contribution in [0.4, 0.5) is 0 Å². The molecule has 0 amide bonds. The fourth-order valence-electron chi connectivity index (χ4n) is 1.80. The highest BCUT2D eigenvalue weighted by Gasteiger charge is 2.21. The summed E-state index contributed by atoms with van der Waals surface area (Å²) in [4.78, 5) is 14.5. The number of phenols is 1. The molecule has 1 aromatic carbocycles. The van der Waals surface area contributed by atoms with E-state index in [1.165, 1.54) is 0 Å². The largest absolute Gasteiger partial charge is 0.507 e. The maximum absolute atomic E-state index is 11.6. The summed E-state index contributed by atoms with van der Waals surface area (Å²) in [5.41, 5.74) is 7.07. The summed E-state index contributed by atoms with van der Waals surface area (Å²) in [5, 5.41) is 10.3. The number of benzene rings is 1. The van der Waals surface area contributed by atoms with Crippen molar-refractivity contribution in [3.05, 3.63) is 30.0 Å². The van der Waals surface area contributed by atoms with Crippen LogP contribution in [0.3, 0.4) is 0 Å². The van der Waals surface area contributed by atoms with Crippen LogP contribution in [0, 0.1) is 0 Å². The first kappa shape index (κ1) is 11.5. The van der Waals surface area contributed by atoms with Gasteiger partial charge in [-0.1, -0.05) is 6.07 Å². The Kier molecular flexibility index (Phi) is 3.01. The van der Waals surface area contributed by atoms with E-state index in [9.17, 15) is 9.90 Å². The number of aromatic hydroxyl groups is 1. The minimum atomic E-state index is -0.892. The van der Waals surface area contributed by atoms with Gasteiger partial charge in [-0.2, -0.15) is 0 Å². The summed E-state index contributed by atoms with van der Waals surface area (Å²) in [6.45, 7) is 2.00. The fraction of sp³-hybridized carbons (Fsp3) is 0.250. The number of aromatic nitrogens is 1. The predicted octanol–water partition coefficient (Wildman–Crippen LogP) is 1.44. The molecular weight excluding hydrogens is 220 g/mol. The van der Waals surface area contributed by atoms with Gasteiger partial charge in [-0.15, -0.1) is 0 Å². The van der Waals surface area contributed by atoms with Crippen molar-refractivity contribution in [1.29, 1.82) is 0 Å². The van der Waals surface area contributed by atoms with Crippen molar-refractivity contribution in [2.24, 2.45) is 5.73 Å². The van der Waals surface area contributed by atoms with Crippen LogP contribution in [0.25, 0.3) is 10.9 Å². The Hall–Kier alpha value is -2.01. The zero-order chi connectivity index (χ0) is 12.4. The van der Waals surface area contributed by atoms with Gasteiger partial charge < -0.3 is 20.6 Å². The Labute approximate surface area is 98.2 Å². The Morgan fingerprint density at radius 3 is 3.06 bits per heavy atom. The Morgan fingerprint density at radius 1 is 1.59 bits per heavy atom. The number of nitrogens with two attached hydrogens (primary N) is 1. The predicted molar refractivity (Wildman–Crippen MR) is 63.5 cm³/mol. The molecule has 2 aromatic rings. The van der Waals surface area contributed by atoms with Gasteiger partial charge in [0.2, 0.25) is 0 Å². The quantitative estimate of drug-likeness (QED) is 0.701. The summed E-state index contributed by atoms with van der Waals surface area (Å²) in [6, 6.07) is 4.18. The monoisotopic (exact) mass is 234 g/mol. The maximum atomic E-state index is 11.6. The van der Waals surface area contributed by atoms with E-state index in [0.717, 1.165) is 5.52 Å². The number of hydrogen-bond acceptors (Lipinski definition) is 4. The number of H-pyrrole nitrogens is 1. The zero-order valence-electron chi connectivity index (χ0n) is 9.43. The van der Waals surface area contributed by atoms with Gasteiger partial charge in [0.1, 0.15) is 11.8 Å². The second kappa shape index (κ2) is 4.47. The fourth-order valence-corrected chi connectivity index (χ4v) is 1.80. The minimum absolute atomic E-state index is 0.0958. The Balaban J connectivity index is 2.45. The van der Waals surface area contributed by atoms with Crippen LogP contribution in [0.5, 0.6) is 5.75 Å². The minimum Gasteiger partial charge on any atom is -0.507 e. The van der Waals surface area contributed by atoms with Crippen molar-refractivity contribution in [3.8, 4) is 5.75 Å². The molecule has 1 unspecified atom stereocenters. The van der Waals surface area contributed by atoms with Gasteiger partial charge in [-0.05, 0) is 19.1 Å². The van der Waals surface area contributed by atoms with Gasteiger partial charge in [-0.3, -0.25) is 0 Å². The first-order valence-electron chi connectivity index (χ1n) is 5.36. The molecular formula is C12H14N2O3. The molecule has 1 aromatic heterocycles. The molecule has 1 heterocycles. The Bertz CT molecular complexity index is 548. The number of rotatable bonds is 3. The number of nitrogens with one attached hydrogen (secondary N) is 1. The van der Waals surface area contributed by atoms with Crippen LogP contribution in [0.2, 0.25) is 0 Å². The van der Waals surface area contributed by atoms with E-state index in [0.29, 0.717) is 10.9 Å². The lowest BCUT2D eigenvalue weighted by atomic mass is 10.1. The van der Waals surface area contributed by atoms with Crippen LogP contribution >= 0.6 is 0 Å². The van der Waals surface area contributed by atoms with E-state index in [2.05, 4.69) is 4.98 Å². The first-order valence-corrected chi connectivity index (χ1v) is 5.36. The molecule has 0 bridgehead atoms. The molecule has 17 heavy (non-hydrogen) atoms.